The van der Waals surface area contributed by atoms with Gasteiger partial charge in [0.05, 0.1) is 11.0 Å². The van der Waals surface area contributed by atoms with Gasteiger partial charge in [-0.3, -0.25) is 4.99 Å². The van der Waals surface area contributed by atoms with Crippen molar-refractivity contribution in [2.45, 2.75) is 33.1 Å². The van der Waals surface area contributed by atoms with E-state index in [-0.39, 0.29) is 5.41 Å². The largest absolute Gasteiger partial charge is 0.309 e. The fourth-order valence-electron chi connectivity index (χ4n) is 6.88. The third-order valence-corrected chi connectivity index (χ3v) is 9.03. The number of nitrogens with zero attached hydrogens (tertiary/aromatic N) is 2. The van der Waals surface area contributed by atoms with Gasteiger partial charge in [-0.1, -0.05) is 86.6 Å². The molecule has 0 spiro atoms. The summed E-state index contributed by atoms with van der Waals surface area (Å²) in [5, 5.41) is 4.99. The first-order valence-electron chi connectivity index (χ1n) is 14.4. The Hall–Kier alpha value is -4.69. The van der Waals surface area contributed by atoms with E-state index in [4.69, 9.17) is 0 Å². The number of para-hydroxylation sites is 1. The molecule has 0 unspecified atom stereocenters. The summed E-state index contributed by atoms with van der Waals surface area (Å²) in [6.45, 7) is 9.16. The second kappa shape index (κ2) is 9.45. The van der Waals surface area contributed by atoms with Crippen LogP contribution in [0.25, 0.3) is 50.3 Å². The molecule has 6 aromatic rings. The van der Waals surface area contributed by atoms with Gasteiger partial charge in [0.2, 0.25) is 0 Å². The van der Waals surface area contributed by atoms with E-state index >= 15 is 0 Å². The summed E-state index contributed by atoms with van der Waals surface area (Å²) in [5.41, 5.74) is 12.9. The summed E-state index contributed by atoms with van der Waals surface area (Å²) in [4.78, 5) is 4.18. The highest BCUT2D eigenvalue weighted by molar-refractivity contribution is 6.11. The highest BCUT2D eigenvalue weighted by atomic mass is 15.0. The van der Waals surface area contributed by atoms with Crippen LogP contribution in [-0.4, -0.2) is 17.8 Å². The molecule has 200 valence electrons. The molecule has 1 aliphatic rings. The third-order valence-electron chi connectivity index (χ3n) is 9.03. The van der Waals surface area contributed by atoms with E-state index in [1.807, 2.05) is 13.3 Å². The van der Waals surface area contributed by atoms with Crippen LogP contribution in [0.4, 0.5) is 0 Å². The molecule has 0 saturated heterocycles. The fourth-order valence-corrected chi connectivity index (χ4v) is 6.88. The van der Waals surface area contributed by atoms with Crippen LogP contribution >= 0.6 is 0 Å². The zero-order chi connectivity index (χ0) is 28.3. The standard InChI is InChI=1S/C39H34N2/c1-25-18-19-28(22-32(25)26(2)29-13-7-6-12-27(29)20-21-40-5)41-37-17-11-9-15-31(37)34-23-33-30-14-8-10-16-35(30)39(3,4)36(33)24-38(34)41/h6-24H,1-5H3/b27-20-,29-26+,40-21?. The van der Waals surface area contributed by atoms with Gasteiger partial charge >= 0.3 is 0 Å². The van der Waals surface area contributed by atoms with E-state index in [2.05, 4.69) is 146 Å². The molecular formula is C39H34N2. The molecule has 0 fully saturated rings. The number of hydrogen-bond acceptors (Lipinski definition) is 1. The van der Waals surface area contributed by atoms with Gasteiger partial charge in [0.15, 0.2) is 0 Å². The van der Waals surface area contributed by atoms with Gasteiger partial charge in [-0.25, -0.2) is 0 Å². The molecule has 5 aromatic carbocycles. The monoisotopic (exact) mass is 530 g/mol. The Morgan fingerprint density at radius 2 is 1.49 bits per heavy atom. The van der Waals surface area contributed by atoms with Crippen molar-refractivity contribution in [1.29, 1.82) is 0 Å². The first kappa shape index (κ1) is 25.3. The number of hydrogen-bond donors (Lipinski definition) is 0. The van der Waals surface area contributed by atoms with Crippen LogP contribution in [0.15, 0.2) is 108 Å². The maximum absolute atomic E-state index is 4.18. The Labute approximate surface area is 241 Å². The van der Waals surface area contributed by atoms with E-state index in [0.717, 1.165) is 0 Å². The molecule has 41 heavy (non-hydrogen) atoms. The Bertz CT molecular complexity index is 2150. The smallest absolute Gasteiger partial charge is 0.0544 e. The van der Waals surface area contributed by atoms with Crippen molar-refractivity contribution in [3.8, 4) is 16.8 Å². The van der Waals surface area contributed by atoms with Gasteiger partial charge in [0.25, 0.3) is 0 Å². The molecule has 0 amide bonds. The Morgan fingerprint density at radius 1 is 0.732 bits per heavy atom. The SMILES string of the molecule is CN=C/C=c1/cccc/c1=C(/C)c1cc(-n2c3ccccc3c3cc4c(cc32)C(C)(C)c2ccccc2-4)ccc1C. The summed E-state index contributed by atoms with van der Waals surface area (Å²) in [6, 6.07) is 38.1. The van der Waals surface area contributed by atoms with E-state index < -0.39 is 0 Å². The van der Waals surface area contributed by atoms with Gasteiger partial charge in [-0.05, 0) is 99.6 Å². The maximum Gasteiger partial charge on any atom is 0.0544 e. The van der Waals surface area contributed by atoms with Crippen molar-refractivity contribution in [2.24, 2.45) is 4.99 Å². The highest BCUT2D eigenvalue weighted by Gasteiger charge is 2.36. The second-order valence-corrected chi connectivity index (χ2v) is 11.7. The lowest BCUT2D eigenvalue weighted by Crippen LogP contribution is -2.26. The Kier molecular flexibility index (Phi) is 5.83. The maximum atomic E-state index is 4.18. The van der Waals surface area contributed by atoms with E-state index in [9.17, 15) is 0 Å². The molecule has 7 rings (SSSR count). The molecule has 0 aliphatic heterocycles. The van der Waals surface area contributed by atoms with Gasteiger partial charge in [0, 0.05) is 35.1 Å². The fraction of sp³-hybridized carbons (Fsp3) is 0.154. The topological polar surface area (TPSA) is 17.3 Å². The number of aliphatic imine (C=N–C) groups is 1. The summed E-state index contributed by atoms with van der Waals surface area (Å²) < 4.78 is 2.46. The summed E-state index contributed by atoms with van der Waals surface area (Å²) in [6.07, 6.45) is 3.96. The quantitative estimate of drug-likeness (QED) is 0.206. The summed E-state index contributed by atoms with van der Waals surface area (Å²) in [7, 11) is 1.81. The van der Waals surface area contributed by atoms with Gasteiger partial charge < -0.3 is 4.57 Å². The van der Waals surface area contributed by atoms with Crippen LogP contribution < -0.4 is 10.4 Å². The zero-order valence-electron chi connectivity index (χ0n) is 24.4. The Morgan fingerprint density at radius 3 is 2.34 bits per heavy atom. The molecule has 0 saturated carbocycles. The minimum atomic E-state index is -0.0494. The first-order valence-corrected chi connectivity index (χ1v) is 14.4. The van der Waals surface area contributed by atoms with Gasteiger partial charge in [0.1, 0.15) is 0 Å². The van der Waals surface area contributed by atoms with E-state index in [1.54, 1.807) is 0 Å². The molecule has 2 heteroatoms. The second-order valence-electron chi connectivity index (χ2n) is 11.7. The van der Waals surface area contributed by atoms with Crippen LogP contribution in [0.2, 0.25) is 0 Å². The first-order chi connectivity index (χ1) is 19.9. The zero-order valence-corrected chi connectivity index (χ0v) is 24.4. The van der Waals surface area contributed by atoms with Crippen LogP contribution in [0.1, 0.15) is 43.0 Å². The van der Waals surface area contributed by atoms with Crippen LogP contribution in [-0.2, 0) is 5.41 Å². The molecule has 0 bridgehead atoms. The number of aryl methyl sites for hydroxylation is 1. The number of fused-ring (bicyclic) bond motifs is 6. The van der Waals surface area contributed by atoms with Crippen molar-refractivity contribution < 1.29 is 0 Å². The summed E-state index contributed by atoms with van der Waals surface area (Å²) >= 11 is 0. The van der Waals surface area contributed by atoms with Crippen molar-refractivity contribution in [3.05, 3.63) is 136 Å². The normalized spacial score (nSPS) is 15.1. The van der Waals surface area contributed by atoms with Gasteiger partial charge in [-0.15, -0.1) is 0 Å². The molecule has 1 aliphatic carbocycles. The van der Waals surface area contributed by atoms with Crippen molar-refractivity contribution in [1.82, 2.24) is 4.57 Å². The lowest BCUT2D eigenvalue weighted by Gasteiger charge is -2.21. The number of benzene rings is 5. The molecule has 0 radical (unpaired) electrons. The summed E-state index contributed by atoms with van der Waals surface area (Å²) in [5.74, 6) is 0. The van der Waals surface area contributed by atoms with Crippen molar-refractivity contribution in [2.75, 3.05) is 7.05 Å². The molecular weight excluding hydrogens is 496 g/mol. The predicted octanol–water partition coefficient (Wildman–Crippen LogP) is 8.10. The van der Waals surface area contributed by atoms with Crippen LogP contribution in [0.5, 0.6) is 0 Å². The minimum absolute atomic E-state index is 0.0494. The van der Waals surface area contributed by atoms with E-state index in [0.29, 0.717) is 0 Å². The van der Waals surface area contributed by atoms with Crippen molar-refractivity contribution >= 4 is 39.7 Å². The average Bonchev–Trinajstić information content (AvgIpc) is 3.44. The third kappa shape index (κ3) is 3.82. The predicted molar refractivity (Wildman–Crippen MR) is 176 cm³/mol. The minimum Gasteiger partial charge on any atom is -0.309 e. The number of aromatic nitrogens is 1. The lowest BCUT2D eigenvalue weighted by molar-refractivity contribution is 0.661. The van der Waals surface area contributed by atoms with Crippen molar-refractivity contribution in [3.63, 3.8) is 0 Å². The lowest BCUT2D eigenvalue weighted by atomic mass is 9.82. The van der Waals surface area contributed by atoms with Crippen LogP contribution in [0, 0.1) is 6.92 Å². The molecule has 2 nitrogen and oxygen atoms in total. The molecule has 1 aromatic heterocycles. The Balaban J connectivity index is 1.52. The van der Waals surface area contributed by atoms with Crippen LogP contribution in [0.3, 0.4) is 0 Å². The highest BCUT2D eigenvalue weighted by Crippen LogP contribution is 2.50. The number of rotatable bonds is 3. The molecule has 1 heterocycles. The van der Waals surface area contributed by atoms with Gasteiger partial charge in [-0.2, -0.15) is 0 Å². The molecule has 0 N–H and O–H groups in total. The molecule has 0 atom stereocenters. The average molecular weight is 531 g/mol. The van der Waals surface area contributed by atoms with E-state index in [1.165, 1.54) is 76.9 Å².